The normalized spacial score (nSPS) is 23.6. The molecule has 2 atom stereocenters. The zero-order chi connectivity index (χ0) is 12.4. The Labute approximate surface area is 104 Å². The quantitative estimate of drug-likeness (QED) is 0.544. The van der Waals surface area contributed by atoms with Crippen molar-refractivity contribution >= 4 is 5.71 Å². The molecule has 1 aromatic carbocycles. The van der Waals surface area contributed by atoms with E-state index in [1.165, 1.54) is 23.1 Å². The van der Waals surface area contributed by atoms with Crippen molar-refractivity contribution < 1.29 is 0 Å². The topological polar surface area (TPSA) is 12.4 Å². The Morgan fingerprint density at radius 3 is 2.41 bits per heavy atom. The maximum absolute atomic E-state index is 4.77. The van der Waals surface area contributed by atoms with E-state index in [1.807, 2.05) is 0 Å². The summed E-state index contributed by atoms with van der Waals surface area (Å²) in [6.07, 6.45) is 2.27. The molecule has 1 aliphatic carbocycles. The summed E-state index contributed by atoms with van der Waals surface area (Å²) >= 11 is 0. The van der Waals surface area contributed by atoms with E-state index in [0.717, 1.165) is 12.1 Å². The summed E-state index contributed by atoms with van der Waals surface area (Å²) in [6.45, 7) is 10.4. The molecule has 0 amide bonds. The molecule has 0 aromatic heterocycles. The molecule has 1 fully saturated rings. The molecule has 0 bridgehead atoms. The van der Waals surface area contributed by atoms with Crippen LogP contribution in [0.1, 0.15) is 38.3 Å². The molecule has 17 heavy (non-hydrogen) atoms. The third-order valence-electron chi connectivity index (χ3n) is 3.53. The molecule has 1 aliphatic rings. The van der Waals surface area contributed by atoms with Gasteiger partial charge in [0, 0.05) is 11.6 Å². The first-order chi connectivity index (χ1) is 8.11. The van der Waals surface area contributed by atoms with E-state index in [0.29, 0.717) is 12.0 Å². The van der Waals surface area contributed by atoms with Crippen molar-refractivity contribution in [3.8, 4) is 0 Å². The van der Waals surface area contributed by atoms with Crippen LogP contribution in [0.4, 0.5) is 0 Å². The van der Waals surface area contributed by atoms with Crippen molar-refractivity contribution in [2.24, 2.45) is 10.9 Å². The first-order valence-electron chi connectivity index (χ1n) is 6.41. The third-order valence-corrected chi connectivity index (χ3v) is 3.53. The van der Waals surface area contributed by atoms with Crippen LogP contribution in [0.15, 0.2) is 41.4 Å². The lowest BCUT2D eigenvalue weighted by molar-refractivity contribution is 0.922. The molecule has 1 saturated carbocycles. The Kier molecular flexibility index (Phi) is 3.46. The van der Waals surface area contributed by atoms with Gasteiger partial charge in [0.05, 0.1) is 6.04 Å². The van der Waals surface area contributed by atoms with Gasteiger partial charge in [0.15, 0.2) is 0 Å². The lowest BCUT2D eigenvalue weighted by atomic mass is 10.1. The molecule has 0 saturated heterocycles. The van der Waals surface area contributed by atoms with E-state index in [4.69, 9.17) is 4.99 Å². The van der Waals surface area contributed by atoms with Crippen LogP contribution in [-0.4, -0.2) is 11.8 Å². The molecule has 0 spiro atoms. The number of aryl methyl sites for hydroxylation is 1. The predicted octanol–water partition coefficient (Wildman–Crippen LogP) is 4.02. The third kappa shape index (κ3) is 2.85. The van der Waals surface area contributed by atoms with E-state index in [-0.39, 0.29) is 0 Å². The molecular formula is C16H21N. The van der Waals surface area contributed by atoms with Crippen LogP contribution in [0.25, 0.3) is 0 Å². The zero-order valence-electron chi connectivity index (χ0n) is 11.0. The van der Waals surface area contributed by atoms with Gasteiger partial charge in [-0.2, -0.15) is 0 Å². The van der Waals surface area contributed by atoms with Crippen LogP contribution < -0.4 is 0 Å². The largest absolute Gasteiger partial charge is 0.285 e. The van der Waals surface area contributed by atoms with Gasteiger partial charge in [-0.05, 0) is 37.8 Å². The second-order valence-corrected chi connectivity index (χ2v) is 5.02. The Balaban J connectivity index is 2.06. The van der Waals surface area contributed by atoms with Gasteiger partial charge in [-0.1, -0.05) is 43.3 Å². The molecule has 1 nitrogen and oxygen atoms in total. The van der Waals surface area contributed by atoms with Crippen molar-refractivity contribution in [1.29, 1.82) is 0 Å². The molecule has 1 aromatic rings. The molecule has 90 valence electrons. The number of rotatable bonds is 4. The van der Waals surface area contributed by atoms with Crippen LogP contribution in [0.2, 0.25) is 0 Å². The van der Waals surface area contributed by atoms with Crippen molar-refractivity contribution in [2.45, 2.75) is 39.7 Å². The minimum absolute atomic E-state index is 0.485. The lowest BCUT2D eigenvalue weighted by Gasteiger charge is -2.03. The SMILES string of the molecule is C=C(C)C1CC1/N=C(\C)c1ccc(CC)cc1. The smallest absolute Gasteiger partial charge is 0.0575 e. The molecule has 0 radical (unpaired) electrons. The Morgan fingerprint density at radius 1 is 1.29 bits per heavy atom. The van der Waals surface area contributed by atoms with Crippen LogP contribution in [0, 0.1) is 5.92 Å². The Bertz CT molecular complexity index is 439. The van der Waals surface area contributed by atoms with Crippen molar-refractivity contribution in [1.82, 2.24) is 0 Å². The Morgan fingerprint density at radius 2 is 1.94 bits per heavy atom. The molecule has 0 heterocycles. The van der Waals surface area contributed by atoms with Gasteiger partial charge < -0.3 is 0 Å². The van der Waals surface area contributed by atoms with Gasteiger partial charge in [0.1, 0.15) is 0 Å². The molecule has 0 N–H and O–H groups in total. The highest BCUT2D eigenvalue weighted by Crippen LogP contribution is 2.39. The highest BCUT2D eigenvalue weighted by molar-refractivity contribution is 5.98. The van der Waals surface area contributed by atoms with Crippen LogP contribution in [-0.2, 0) is 6.42 Å². The minimum atomic E-state index is 0.485. The average molecular weight is 227 g/mol. The van der Waals surface area contributed by atoms with Gasteiger partial charge in [0.2, 0.25) is 0 Å². The molecule has 2 unspecified atom stereocenters. The molecular weight excluding hydrogens is 206 g/mol. The van der Waals surface area contributed by atoms with Gasteiger partial charge in [-0.25, -0.2) is 0 Å². The summed E-state index contributed by atoms with van der Waals surface area (Å²) < 4.78 is 0. The fourth-order valence-corrected chi connectivity index (χ4v) is 2.16. The van der Waals surface area contributed by atoms with Crippen LogP contribution in [0.5, 0.6) is 0 Å². The van der Waals surface area contributed by atoms with Crippen LogP contribution in [0.3, 0.4) is 0 Å². The fourth-order valence-electron chi connectivity index (χ4n) is 2.16. The number of hydrogen-bond donors (Lipinski definition) is 0. The standard InChI is InChI=1S/C16H21N/c1-5-13-6-8-14(9-7-13)12(4)17-16-10-15(16)11(2)3/h6-9,15-16H,2,5,10H2,1,3-4H3/b17-12+. The second kappa shape index (κ2) is 4.87. The predicted molar refractivity (Wildman–Crippen MR) is 74.7 cm³/mol. The lowest BCUT2D eigenvalue weighted by Crippen LogP contribution is -1.98. The maximum atomic E-state index is 4.77. The molecule has 2 rings (SSSR count). The summed E-state index contributed by atoms with van der Waals surface area (Å²) in [7, 11) is 0. The summed E-state index contributed by atoms with van der Waals surface area (Å²) in [5, 5.41) is 0. The highest BCUT2D eigenvalue weighted by atomic mass is 14.9. The number of hydrogen-bond acceptors (Lipinski definition) is 1. The van der Waals surface area contributed by atoms with E-state index < -0.39 is 0 Å². The number of benzene rings is 1. The average Bonchev–Trinajstić information content (AvgIpc) is 3.08. The second-order valence-electron chi connectivity index (χ2n) is 5.02. The first kappa shape index (κ1) is 12.1. The van der Waals surface area contributed by atoms with Crippen molar-refractivity contribution in [3.63, 3.8) is 0 Å². The van der Waals surface area contributed by atoms with Gasteiger partial charge in [-0.15, -0.1) is 0 Å². The molecule has 1 heteroatoms. The highest BCUT2D eigenvalue weighted by Gasteiger charge is 2.37. The summed E-state index contributed by atoms with van der Waals surface area (Å²) in [6, 6.07) is 9.22. The van der Waals surface area contributed by atoms with Crippen molar-refractivity contribution in [3.05, 3.63) is 47.5 Å². The van der Waals surface area contributed by atoms with E-state index in [1.54, 1.807) is 0 Å². The number of nitrogens with zero attached hydrogens (tertiary/aromatic N) is 1. The Hall–Kier alpha value is -1.37. The van der Waals surface area contributed by atoms with Gasteiger partial charge in [-0.3, -0.25) is 4.99 Å². The van der Waals surface area contributed by atoms with Gasteiger partial charge in [0.25, 0.3) is 0 Å². The number of aliphatic imine (C=N–C) groups is 1. The minimum Gasteiger partial charge on any atom is -0.285 e. The van der Waals surface area contributed by atoms with E-state index in [2.05, 4.69) is 51.6 Å². The first-order valence-corrected chi connectivity index (χ1v) is 6.41. The van der Waals surface area contributed by atoms with Gasteiger partial charge >= 0.3 is 0 Å². The molecule has 0 aliphatic heterocycles. The zero-order valence-corrected chi connectivity index (χ0v) is 11.0. The summed E-state index contributed by atoms with van der Waals surface area (Å²) in [5.74, 6) is 0.625. The monoisotopic (exact) mass is 227 g/mol. The fraction of sp³-hybridized carbons (Fsp3) is 0.438. The summed E-state index contributed by atoms with van der Waals surface area (Å²) in [5.41, 5.74) is 5.05. The van der Waals surface area contributed by atoms with Crippen molar-refractivity contribution in [2.75, 3.05) is 0 Å². The van der Waals surface area contributed by atoms with E-state index in [9.17, 15) is 0 Å². The summed E-state index contributed by atoms with van der Waals surface area (Å²) in [4.78, 5) is 4.77. The maximum Gasteiger partial charge on any atom is 0.0575 e. The van der Waals surface area contributed by atoms with E-state index >= 15 is 0 Å². The van der Waals surface area contributed by atoms with Crippen LogP contribution >= 0.6 is 0 Å².